The number of hydrogen-bond donors (Lipinski definition) is 2. The number of nitrogens with two attached hydrogens (primary N) is 1. The van der Waals surface area contributed by atoms with Crippen molar-refractivity contribution in [2.45, 2.75) is 6.54 Å². The van der Waals surface area contributed by atoms with Crippen LogP contribution in [-0.2, 0) is 6.54 Å². The highest BCUT2D eigenvalue weighted by Gasteiger charge is 2.02. The van der Waals surface area contributed by atoms with E-state index in [1.165, 1.54) is 6.07 Å². The Balaban J connectivity index is 2.07. The van der Waals surface area contributed by atoms with E-state index in [9.17, 15) is 4.39 Å². The van der Waals surface area contributed by atoms with Gasteiger partial charge in [0, 0.05) is 18.3 Å². The van der Waals surface area contributed by atoms with Gasteiger partial charge in [0.1, 0.15) is 16.6 Å². The van der Waals surface area contributed by atoms with E-state index in [0.29, 0.717) is 17.4 Å². The molecule has 0 aliphatic carbocycles. The highest BCUT2D eigenvalue weighted by atomic mass is 35.5. The number of benzene rings is 1. The molecule has 0 aliphatic heterocycles. The number of pyridine rings is 1. The third-order valence-electron chi connectivity index (χ3n) is 2.50. The molecule has 0 unspecified atom stereocenters. The Bertz CT molecular complexity index is 619. The van der Waals surface area contributed by atoms with E-state index in [1.807, 2.05) is 0 Å². The lowest BCUT2D eigenvalue weighted by atomic mass is 10.2. The summed E-state index contributed by atoms with van der Waals surface area (Å²) in [6.07, 6.45) is 1.62. The van der Waals surface area contributed by atoms with Crippen molar-refractivity contribution >= 4 is 34.6 Å². The normalized spacial score (nSPS) is 10.2. The highest BCUT2D eigenvalue weighted by Crippen LogP contribution is 2.17. The highest BCUT2D eigenvalue weighted by molar-refractivity contribution is 7.80. The summed E-state index contributed by atoms with van der Waals surface area (Å²) in [5, 5.41) is 3.20. The van der Waals surface area contributed by atoms with E-state index in [4.69, 9.17) is 29.6 Å². The summed E-state index contributed by atoms with van der Waals surface area (Å²) in [6, 6.07) is 8.06. The van der Waals surface area contributed by atoms with Gasteiger partial charge in [-0.2, -0.15) is 0 Å². The maximum Gasteiger partial charge on any atom is 0.141 e. The first kappa shape index (κ1) is 13.7. The fourth-order valence-corrected chi connectivity index (χ4v) is 1.85. The van der Waals surface area contributed by atoms with Gasteiger partial charge in [0.2, 0.25) is 0 Å². The van der Waals surface area contributed by atoms with E-state index in [1.54, 1.807) is 30.5 Å². The number of rotatable bonds is 4. The van der Waals surface area contributed by atoms with E-state index in [0.717, 1.165) is 11.1 Å². The van der Waals surface area contributed by atoms with Crippen LogP contribution in [0.25, 0.3) is 0 Å². The van der Waals surface area contributed by atoms with Gasteiger partial charge in [-0.3, -0.25) is 0 Å². The molecule has 2 aromatic rings. The van der Waals surface area contributed by atoms with Crippen LogP contribution in [0.5, 0.6) is 0 Å². The third kappa shape index (κ3) is 3.62. The molecule has 1 heterocycles. The third-order valence-corrected chi connectivity index (χ3v) is 3.03. The number of thiocarbonyl (C=S) groups is 1. The molecule has 3 nitrogen and oxygen atoms in total. The molecule has 2 rings (SSSR count). The molecular weight excluding hydrogens is 285 g/mol. The van der Waals surface area contributed by atoms with Gasteiger partial charge < -0.3 is 11.1 Å². The molecule has 0 aliphatic rings. The minimum atomic E-state index is -0.431. The molecule has 0 saturated carbocycles. The molecule has 0 fully saturated rings. The Morgan fingerprint density at radius 1 is 1.37 bits per heavy atom. The Morgan fingerprint density at radius 2 is 2.16 bits per heavy atom. The van der Waals surface area contributed by atoms with Crippen LogP contribution < -0.4 is 11.1 Å². The van der Waals surface area contributed by atoms with E-state index < -0.39 is 5.82 Å². The van der Waals surface area contributed by atoms with Crippen molar-refractivity contribution in [2.24, 2.45) is 5.73 Å². The van der Waals surface area contributed by atoms with Gasteiger partial charge in [-0.15, -0.1) is 0 Å². The first-order chi connectivity index (χ1) is 9.06. The Morgan fingerprint density at radius 3 is 2.84 bits per heavy atom. The van der Waals surface area contributed by atoms with Crippen LogP contribution in [0.15, 0.2) is 36.5 Å². The van der Waals surface area contributed by atoms with Crippen LogP contribution in [0.4, 0.5) is 10.2 Å². The fourth-order valence-electron chi connectivity index (χ4n) is 1.52. The predicted molar refractivity (Wildman–Crippen MR) is 78.9 cm³/mol. The lowest BCUT2D eigenvalue weighted by Crippen LogP contribution is -2.10. The zero-order chi connectivity index (χ0) is 13.8. The van der Waals surface area contributed by atoms with E-state index >= 15 is 0 Å². The van der Waals surface area contributed by atoms with Crippen molar-refractivity contribution in [1.29, 1.82) is 0 Å². The monoisotopic (exact) mass is 295 g/mol. The largest absolute Gasteiger partial charge is 0.389 e. The second-order valence-corrected chi connectivity index (χ2v) is 4.74. The summed E-state index contributed by atoms with van der Waals surface area (Å²) in [5.74, 6) is 0.213. The zero-order valence-corrected chi connectivity index (χ0v) is 11.4. The number of nitrogens with zero attached hydrogens (tertiary/aromatic N) is 1. The lowest BCUT2D eigenvalue weighted by Gasteiger charge is -2.07. The van der Waals surface area contributed by atoms with Crippen molar-refractivity contribution < 1.29 is 4.39 Å². The van der Waals surface area contributed by atoms with E-state index in [-0.39, 0.29) is 5.02 Å². The van der Waals surface area contributed by atoms with Gasteiger partial charge in [-0.1, -0.05) is 29.9 Å². The van der Waals surface area contributed by atoms with Gasteiger partial charge in [-0.05, 0) is 29.8 Å². The standard InChI is InChI=1S/C13H11ClFN3S/c14-10-5-8(1-2-11(10)15)7-18-12-6-9(13(16)19)3-4-17-12/h1-6H,7H2,(H2,16,19)(H,17,18). The molecule has 0 radical (unpaired) electrons. The molecule has 0 amide bonds. The number of nitrogens with one attached hydrogen (secondary N) is 1. The van der Waals surface area contributed by atoms with Crippen LogP contribution in [0.2, 0.25) is 5.02 Å². The summed E-state index contributed by atoms with van der Waals surface area (Å²) < 4.78 is 13.0. The minimum Gasteiger partial charge on any atom is -0.389 e. The van der Waals surface area contributed by atoms with Gasteiger partial charge in [-0.25, -0.2) is 9.37 Å². The molecule has 6 heteroatoms. The summed E-state index contributed by atoms with van der Waals surface area (Å²) in [4.78, 5) is 4.46. The van der Waals surface area contributed by atoms with E-state index in [2.05, 4.69) is 10.3 Å². The average molecular weight is 296 g/mol. The molecule has 0 bridgehead atoms. The Hall–Kier alpha value is -1.72. The smallest absolute Gasteiger partial charge is 0.141 e. The topological polar surface area (TPSA) is 50.9 Å². The zero-order valence-electron chi connectivity index (χ0n) is 9.86. The minimum absolute atomic E-state index is 0.101. The molecule has 1 aromatic carbocycles. The van der Waals surface area contributed by atoms with Crippen LogP contribution in [0.3, 0.4) is 0 Å². The summed E-state index contributed by atoms with van der Waals surface area (Å²) in [7, 11) is 0. The first-order valence-electron chi connectivity index (χ1n) is 5.50. The van der Waals surface area contributed by atoms with Crippen molar-refractivity contribution in [3.05, 3.63) is 58.5 Å². The predicted octanol–water partition coefficient (Wildman–Crippen LogP) is 3.12. The summed E-state index contributed by atoms with van der Waals surface area (Å²) >= 11 is 10.6. The molecule has 1 aromatic heterocycles. The fraction of sp³-hybridized carbons (Fsp3) is 0.0769. The maximum absolute atomic E-state index is 13.0. The van der Waals surface area contributed by atoms with Crippen molar-refractivity contribution in [3.8, 4) is 0 Å². The second-order valence-electron chi connectivity index (χ2n) is 3.90. The number of hydrogen-bond acceptors (Lipinski definition) is 3. The molecule has 0 saturated heterocycles. The SMILES string of the molecule is NC(=S)c1ccnc(NCc2ccc(F)c(Cl)c2)c1. The Labute approximate surface area is 120 Å². The number of halogens is 2. The summed E-state index contributed by atoms with van der Waals surface area (Å²) in [6.45, 7) is 0.480. The molecule has 98 valence electrons. The number of anilines is 1. The van der Waals surface area contributed by atoms with Crippen molar-refractivity contribution in [2.75, 3.05) is 5.32 Å². The molecule has 0 spiro atoms. The van der Waals surface area contributed by atoms with Crippen LogP contribution in [-0.4, -0.2) is 9.97 Å². The van der Waals surface area contributed by atoms with Crippen LogP contribution in [0.1, 0.15) is 11.1 Å². The van der Waals surface area contributed by atoms with Gasteiger partial charge in [0.15, 0.2) is 0 Å². The van der Waals surface area contributed by atoms with Gasteiger partial charge >= 0.3 is 0 Å². The molecule has 0 atom stereocenters. The first-order valence-corrected chi connectivity index (χ1v) is 6.28. The number of aromatic nitrogens is 1. The molecule has 19 heavy (non-hydrogen) atoms. The lowest BCUT2D eigenvalue weighted by molar-refractivity contribution is 0.627. The van der Waals surface area contributed by atoms with Gasteiger partial charge in [0.25, 0.3) is 0 Å². The maximum atomic E-state index is 13.0. The molecular formula is C13H11ClFN3S. The average Bonchev–Trinajstić information content (AvgIpc) is 2.40. The van der Waals surface area contributed by atoms with Crippen LogP contribution in [0, 0.1) is 5.82 Å². The van der Waals surface area contributed by atoms with Gasteiger partial charge in [0.05, 0.1) is 5.02 Å². The second kappa shape index (κ2) is 5.95. The van der Waals surface area contributed by atoms with Crippen molar-refractivity contribution in [1.82, 2.24) is 4.98 Å². The Kier molecular flexibility index (Phi) is 4.29. The quantitative estimate of drug-likeness (QED) is 0.851. The van der Waals surface area contributed by atoms with Crippen LogP contribution >= 0.6 is 23.8 Å². The molecule has 3 N–H and O–H groups in total. The van der Waals surface area contributed by atoms with Crippen molar-refractivity contribution in [3.63, 3.8) is 0 Å². The summed E-state index contributed by atoms with van der Waals surface area (Å²) in [5.41, 5.74) is 7.14.